The number of nitrogens with two attached hydrogens (primary N) is 1. The summed E-state index contributed by atoms with van der Waals surface area (Å²) in [5.41, 5.74) is 7.75. The Kier molecular flexibility index (Phi) is 7.52. The summed E-state index contributed by atoms with van der Waals surface area (Å²) in [7, 11) is 1.55. The van der Waals surface area contributed by atoms with Gasteiger partial charge in [0.2, 0.25) is 5.91 Å². The minimum Gasteiger partial charge on any atom is -0.497 e. The maximum atomic E-state index is 13.2. The molecule has 24 heavy (non-hydrogen) atoms. The molecule has 130 valence electrons. The highest BCUT2D eigenvalue weighted by molar-refractivity contribution is 5.94. The van der Waals surface area contributed by atoms with Crippen LogP contribution in [-0.4, -0.2) is 13.0 Å². The van der Waals surface area contributed by atoms with Crippen molar-refractivity contribution in [2.24, 2.45) is 5.92 Å². The SMILES string of the molecule is COc1ccc(N)c(NC(=O)CC(C)Cc2cccc(F)c2)c1.Cl. The monoisotopic (exact) mass is 352 g/mol. The molecule has 0 fully saturated rings. The molecule has 2 aromatic rings. The number of hydrogen-bond donors (Lipinski definition) is 2. The largest absolute Gasteiger partial charge is 0.497 e. The molecule has 0 aliphatic rings. The van der Waals surface area contributed by atoms with Crippen LogP contribution in [-0.2, 0) is 11.2 Å². The van der Waals surface area contributed by atoms with Crippen LogP contribution in [0.1, 0.15) is 18.9 Å². The quantitative estimate of drug-likeness (QED) is 0.771. The Bertz CT molecular complexity index is 694. The molecule has 0 aliphatic heterocycles. The van der Waals surface area contributed by atoms with Gasteiger partial charge in [0, 0.05) is 12.5 Å². The smallest absolute Gasteiger partial charge is 0.224 e. The zero-order valence-corrected chi connectivity index (χ0v) is 14.5. The standard InChI is InChI=1S/C18H21FN2O2.ClH/c1-12(8-13-4-3-5-14(19)10-13)9-18(22)21-17-11-15(23-2)6-7-16(17)20;/h3-7,10-12H,8-9,20H2,1-2H3,(H,21,22);1H. The minimum atomic E-state index is -0.261. The number of hydrogen-bond acceptors (Lipinski definition) is 3. The van der Waals surface area contributed by atoms with E-state index >= 15 is 0 Å². The molecule has 6 heteroatoms. The van der Waals surface area contributed by atoms with Crippen LogP contribution in [0.2, 0.25) is 0 Å². The molecule has 4 nitrogen and oxygen atoms in total. The van der Waals surface area contributed by atoms with Crippen molar-refractivity contribution >= 4 is 29.7 Å². The fourth-order valence-corrected chi connectivity index (χ4v) is 2.43. The molecule has 0 aromatic heterocycles. The van der Waals surface area contributed by atoms with E-state index in [-0.39, 0.29) is 30.0 Å². The lowest BCUT2D eigenvalue weighted by Gasteiger charge is -2.13. The Balaban J connectivity index is 0.00000288. The number of halogens is 2. The first-order valence-corrected chi connectivity index (χ1v) is 7.45. The van der Waals surface area contributed by atoms with Crippen molar-refractivity contribution in [3.8, 4) is 5.75 Å². The summed E-state index contributed by atoms with van der Waals surface area (Å²) in [6.07, 6.45) is 0.964. The van der Waals surface area contributed by atoms with Gasteiger partial charge in [-0.25, -0.2) is 4.39 Å². The summed E-state index contributed by atoms with van der Waals surface area (Å²) in [6.45, 7) is 1.96. The zero-order chi connectivity index (χ0) is 16.8. The average molecular weight is 353 g/mol. The number of nitrogen functional groups attached to an aromatic ring is 1. The molecule has 1 amide bonds. The Morgan fingerprint density at radius 3 is 2.71 bits per heavy atom. The van der Waals surface area contributed by atoms with Crippen LogP contribution in [0, 0.1) is 11.7 Å². The number of methoxy groups -OCH3 is 1. The lowest BCUT2D eigenvalue weighted by Crippen LogP contribution is -2.17. The van der Waals surface area contributed by atoms with Gasteiger partial charge in [-0.2, -0.15) is 0 Å². The van der Waals surface area contributed by atoms with Crippen molar-refractivity contribution in [1.82, 2.24) is 0 Å². The summed E-state index contributed by atoms with van der Waals surface area (Å²) in [4.78, 5) is 12.2. The van der Waals surface area contributed by atoms with E-state index in [0.29, 0.717) is 30.0 Å². The minimum absolute atomic E-state index is 0. The molecule has 0 saturated heterocycles. The van der Waals surface area contributed by atoms with Gasteiger partial charge in [-0.05, 0) is 42.2 Å². The molecule has 3 N–H and O–H groups in total. The first kappa shape index (κ1) is 19.8. The van der Waals surface area contributed by atoms with Gasteiger partial charge in [-0.15, -0.1) is 12.4 Å². The molecule has 0 saturated carbocycles. The summed E-state index contributed by atoms with van der Waals surface area (Å²) in [6, 6.07) is 11.5. The lowest BCUT2D eigenvalue weighted by atomic mass is 9.97. The molecule has 0 spiro atoms. The van der Waals surface area contributed by atoms with Crippen molar-refractivity contribution in [2.75, 3.05) is 18.2 Å². The van der Waals surface area contributed by atoms with Crippen LogP contribution in [0.15, 0.2) is 42.5 Å². The van der Waals surface area contributed by atoms with E-state index in [0.717, 1.165) is 5.56 Å². The maximum Gasteiger partial charge on any atom is 0.224 e. The molecule has 0 heterocycles. The summed E-state index contributed by atoms with van der Waals surface area (Å²) < 4.78 is 18.3. The van der Waals surface area contributed by atoms with Gasteiger partial charge < -0.3 is 15.8 Å². The first-order valence-electron chi connectivity index (χ1n) is 7.45. The van der Waals surface area contributed by atoms with Gasteiger partial charge in [0.05, 0.1) is 18.5 Å². The van der Waals surface area contributed by atoms with Crippen molar-refractivity contribution < 1.29 is 13.9 Å². The van der Waals surface area contributed by atoms with Gasteiger partial charge >= 0.3 is 0 Å². The van der Waals surface area contributed by atoms with Crippen molar-refractivity contribution in [3.05, 3.63) is 53.8 Å². The second-order valence-electron chi connectivity index (χ2n) is 5.64. The number of ether oxygens (including phenoxy) is 1. The number of rotatable bonds is 6. The molecule has 0 aliphatic carbocycles. The van der Waals surface area contributed by atoms with E-state index in [1.54, 1.807) is 31.4 Å². The Morgan fingerprint density at radius 1 is 1.29 bits per heavy atom. The molecule has 1 unspecified atom stereocenters. The Hall–Kier alpha value is -2.27. The summed E-state index contributed by atoms with van der Waals surface area (Å²) in [5.74, 6) is 0.322. The Morgan fingerprint density at radius 2 is 2.04 bits per heavy atom. The van der Waals surface area contributed by atoms with Crippen LogP contribution in [0.4, 0.5) is 15.8 Å². The molecule has 0 bridgehead atoms. The predicted molar refractivity (Wildman–Crippen MR) is 97.2 cm³/mol. The van der Waals surface area contributed by atoms with Crippen LogP contribution < -0.4 is 15.8 Å². The van der Waals surface area contributed by atoms with Gasteiger partial charge in [0.25, 0.3) is 0 Å². The molecule has 2 rings (SSSR count). The molecule has 0 radical (unpaired) electrons. The van der Waals surface area contributed by atoms with Crippen molar-refractivity contribution in [3.63, 3.8) is 0 Å². The third-order valence-electron chi connectivity index (χ3n) is 3.54. The van der Waals surface area contributed by atoms with Gasteiger partial charge in [-0.3, -0.25) is 4.79 Å². The molecular weight excluding hydrogens is 331 g/mol. The predicted octanol–water partition coefficient (Wildman–Crippen LogP) is 4.05. The summed E-state index contributed by atoms with van der Waals surface area (Å²) >= 11 is 0. The van der Waals surface area contributed by atoms with E-state index in [4.69, 9.17) is 10.5 Å². The van der Waals surface area contributed by atoms with Crippen molar-refractivity contribution in [1.29, 1.82) is 0 Å². The highest BCUT2D eigenvalue weighted by atomic mass is 35.5. The van der Waals surface area contributed by atoms with Gasteiger partial charge in [0.1, 0.15) is 11.6 Å². The number of carbonyl (C=O) groups excluding carboxylic acids is 1. The summed E-state index contributed by atoms with van der Waals surface area (Å²) in [5, 5.41) is 2.79. The molecule has 2 aromatic carbocycles. The van der Waals surface area contributed by atoms with E-state index in [1.807, 2.05) is 13.0 Å². The van der Waals surface area contributed by atoms with Crippen LogP contribution in [0.5, 0.6) is 5.75 Å². The second-order valence-corrected chi connectivity index (χ2v) is 5.64. The normalized spacial score (nSPS) is 11.3. The fraction of sp³-hybridized carbons (Fsp3) is 0.278. The van der Waals surface area contributed by atoms with Crippen molar-refractivity contribution in [2.45, 2.75) is 19.8 Å². The highest BCUT2D eigenvalue weighted by Gasteiger charge is 2.12. The number of benzene rings is 2. The first-order chi connectivity index (χ1) is 11.0. The van der Waals surface area contributed by atoms with Gasteiger partial charge in [0.15, 0.2) is 0 Å². The van der Waals surface area contributed by atoms with Crippen LogP contribution in [0.25, 0.3) is 0 Å². The topological polar surface area (TPSA) is 64.3 Å². The fourth-order valence-electron chi connectivity index (χ4n) is 2.43. The van der Waals surface area contributed by atoms with E-state index < -0.39 is 0 Å². The third-order valence-corrected chi connectivity index (χ3v) is 3.54. The van der Waals surface area contributed by atoms with E-state index in [9.17, 15) is 9.18 Å². The number of carbonyl (C=O) groups is 1. The lowest BCUT2D eigenvalue weighted by molar-refractivity contribution is -0.116. The maximum absolute atomic E-state index is 13.2. The second kappa shape index (κ2) is 9.13. The number of anilines is 2. The zero-order valence-electron chi connectivity index (χ0n) is 13.7. The molecular formula is C18H22ClFN2O2. The number of amides is 1. The number of nitrogens with one attached hydrogen (secondary N) is 1. The third kappa shape index (κ3) is 5.74. The van der Waals surface area contributed by atoms with E-state index in [1.165, 1.54) is 12.1 Å². The average Bonchev–Trinajstić information content (AvgIpc) is 2.49. The molecule has 1 atom stereocenters. The Labute approximate surface area is 147 Å². The van der Waals surface area contributed by atoms with Crippen LogP contribution in [0.3, 0.4) is 0 Å². The highest BCUT2D eigenvalue weighted by Crippen LogP contribution is 2.25. The van der Waals surface area contributed by atoms with Crippen LogP contribution >= 0.6 is 12.4 Å². The van der Waals surface area contributed by atoms with E-state index in [2.05, 4.69) is 5.32 Å². The van der Waals surface area contributed by atoms with Gasteiger partial charge in [-0.1, -0.05) is 19.1 Å².